The lowest BCUT2D eigenvalue weighted by molar-refractivity contribution is -0.145. The van der Waals surface area contributed by atoms with Crippen molar-refractivity contribution >= 4 is 27.6 Å². The van der Waals surface area contributed by atoms with Crippen LogP contribution in [0.25, 0.3) is 0 Å². The van der Waals surface area contributed by atoms with Crippen molar-refractivity contribution in [1.82, 2.24) is 0 Å². The molecule has 0 spiro atoms. The first-order valence-corrected chi connectivity index (χ1v) is 8.18. The monoisotopic (exact) mass is 339 g/mol. The molecule has 0 heterocycles. The number of halogens is 1. The van der Waals surface area contributed by atoms with Gasteiger partial charge in [-0.05, 0) is 43.9 Å². The molecule has 2 rings (SSSR count). The lowest BCUT2D eigenvalue weighted by Crippen LogP contribution is -2.39. The normalized spacial score (nSPS) is 17.5. The number of esters is 1. The van der Waals surface area contributed by atoms with Gasteiger partial charge < -0.3 is 10.1 Å². The van der Waals surface area contributed by atoms with E-state index in [1.54, 1.807) is 0 Å². The molecule has 1 saturated carbocycles. The summed E-state index contributed by atoms with van der Waals surface area (Å²) in [7, 11) is 0. The van der Waals surface area contributed by atoms with E-state index in [9.17, 15) is 4.79 Å². The Morgan fingerprint density at radius 2 is 2.15 bits per heavy atom. The fourth-order valence-electron chi connectivity index (χ4n) is 2.83. The molecule has 1 aromatic carbocycles. The second-order valence-corrected chi connectivity index (χ2v) is 6.20. The van der Waals surface area contributed by atoms with Crippen LogP contribution in [-0.4, -0.2) is 18.6 Å². The van der Waals surface area contributed by atoms with Gasteiger partial charge in [0.2, 0.25) is 0 Å². The molecule has 1 fully saturated rings. The summed E-state index contributed by atoms with van der Waals surface area (Å²) in [5, 5.41) is 3.37. The Bertz CT molecular complexity index is 444. The topological polar surface area (TPSA) is 38.3 Å². The molecule has 110 valence electrons. The third kappa shape index (κ3) is 4.23. The van der Waals surface area contributed by atoms with Crippen molar-refractivity contribution in [2.45, 2.75) is 45.1 Å². The van der Waals surface area contributed by atoms with Gasteiger partial charge in [0.1, 0.15) is 6.04 Å². The number of benzene rings is 1. The fourth-order valence-corrected chi connectivity index (χ4v) is 3.23. The van der Waals surface area contributed by atoms with Crippen LogP contribution in [0.2, 0.25) is 0 Å². The highest BCUT2D eigenvalue weighted by Gasteiger charge is 2.30. The Labute approximate surface area is 129 Å². The molecule has 20 heavy (non-hydrogen) atoms. The van der Waals surface area contributed by atoms with Gasteiger partial charge in [-0.2, -0.15) is 0 Å². The first-order valence-electron chi connectivity index (χ1n) is 7.39. The van der Waals surface area contributed by atoms with Gasteiger partial charge in [0.25, 0.3) is 0 Å². The summed E-state index contributed by atoms with van der Waals surface area (Å²) >= 11 is 3.46. The number of ether oxygens (including phenoxy) is 1. The molecule has 1 unspecified atom stereocenters. The fraction of sp³-hybridized carbons (Fsp3) is 0.562. The zero-order valence-corrected chi connectivity index (χ0v) is 13.5. The van der Waals surface area contributed by atoms with Gasteiger partial charge in [-0.25, -0.2) is 4.79 Å². The van der Waals surface area contributed by atoms with E-state index in [0.29, 0.717) is 12.5 Å². The summed E-state index contributed by atoms with van der Waals surface area (Å²) < 4.78 is 6.25. The summed E-state index contributed by atoms with van der Waals surface area (Å²) in [6.45, 7) is 2.29. The smallest absolute Gasteiger partial charge is 0.328 e. The largest absolute Gasteiger partial charge is 0.464 e. The first-order chi connectivity index (χ1) is 9.70. The summed E-state index contributed by atoms with van der Waals surface area (Å²) in [4.78, 5) is 12.2. The second kappa shape index (κ2) is 7.67. The Kier molecular flexibility index (Phi) is 5.89. The van der Waals surface area contributed by atoms with E-state index in [1.165, 1.54) is 19.3 Å². The van der Waals surface area contributed by atoms with Gasteiger partial charge in [-0.3, -0.25) is 0 Å². The van der Waals surface area contributed by atoms with E-state index >= 15 is 0 Å². The van der Waals surface area contributed by atoms with Gasteiger partial charge in [-0.1, -0.05) is 41.3 Å². The van der Waals surface area contributed by atoms with Crippen LogP contribution < -0.4 is 5.32 Å². The molecule has 0 aliphatic heterocycles. The number of hydrogen-bond donors (Lipinski definition) is 1. The molecule has 0 bridgehead atoms. The van der Waals surface area contributed by atoms with Gasteiger partial charge in [0.05, 0.1) is 6.61 Å². The molecular formula is C16H22BrNO2. The van der Waals surface area contributed by atoms with Crippen molar-refractivity contribution < 1.29 is 9.53 Å². The number of nitrogens with one attached hydrogen (secondary N) is 1. The van der Waals surface area contributed by atoms with Crippen LogP contribution in [0.15, 0.2) is 28.7 Å². The van der Waals surface area contributed by atoms with Gasteiger partial charge in [-0.15, -0.1) is 0 Å². The maximum atomic E-state index is 12.2. The van der Waals surface area contributed by atoms with Crippen molar-refractivity contribution in [2.24, 2.45) is 5.92 Å². The van der Waals surface area contributed by atoms with E-state index < -0.39 is 0 Å². The molecule has 0 amide bonds. The van der Waals surface area contributed by atoms with Crippen molar-refractivity contribution in [3.63, 3.8) is 0 Å². The Balaban J connectivity index is 2.10. The average Bonchev–Trinajstić information content (AvgIpc) is 2.46. The van der Waals surface area contributed by atoms with Gasteiger partial charge in [0.15, 0.2) is 0 Å². The van der Waals surface area contributed by atoms with Crippen molar-refractivity contribution in [1.29, 1.82) is 0 Å². The molecular weight excluding hydrogens is 318 g/mol. The van der Waals surface area contributed by atoms with E-state index in [-0.39, 0.29) is 12.0 Å². The molecule has 1 aromatic rings. The summed E-state index contributed by atoms with van der Waals surface area (Å²) in [5.74, 6) is 0.251. The van der Waals surface area contributed by atoms with E-state index in [0.717, 1.165) is 23.0 Å². The van der Waals surface area contributed by atoms with Crippen LogP contribution in [0.5, 0.6) is 0 Å². The highest BCUT2D eigenvalue weighted by molar-refractivity contribution is 9.10. The van der Waals surface area contributed by atoms with E-state index in [1.807, 2.05) is 31.2 Å². The highest BCUT2D eigenvalue weighted by Crippen LogP contribution is 2.29. The Morgan fingerprint density at radius 1 is 1.40 bits per heavy atom. The number of anilines is 1. The number of carbonyl (C=O) groups is 1. The zero-order valence-electron chi connectivity index (χ0n) is 11.9. The molecule has 0 saturated heterocycles. The van der Waals surface area contributed by atoms with Crippen LogP contribution in [0, 0.1) is 5.92 Å². The molecule has 4 heteroatoms. The summed E-state index contributed by atoms with van der Waals surface area (Å²) in [6, 6.07) is 7.69. The van der Waals surface area contributed by atoms with Crippen LogP contribution in [0.4, 0.5) is 5.69 Å². The number of rotatable bonds is 5. The highest BCUT2D eigenvalue weighted by atomic mass is 79.9. The number of hydrogen-bond acceptors (Lipinski definition) is 3. The minimum Gasteiger partial charge on any atom is -0.464 e. The molecule has 1 N–H and O–H groups in total. The predicted octanol–water partition coefficient (Wildman–Crippen LogP) is 4.37. The molecule has 0 radical (unpaired) electrons. The zero-order chi connectivity index (χ0) is 14.4. The van der Waals surface area contributed by atoms with Crippen LogP contribution in [0.1, 0.15) is 39.0 Å². The summed E-state index contributed by atoms with van der Waals surface area (Å²) in [6.07, 6.45) is 5.90. The Morgan fingerprint density at radius 3 is 2.80 bits per heavy atom. The van der Waals surface area contributed by atoms with E-state index in [2.05, 4.69) is 21.2 Å². The van der Waals surface area contributed by atoms with Crippen molar-refractivity contribution in [3.05, 3.63) is 28.7 Å². The van der Waals surface area contributed by atoms with Gasteiger partial charge in [0, 0.05) is 10.2 Å². The van der Waals surface area contributed by atoms with E-state index in [4.69, 9.17) is 4.74 Å². The summed E-state index contributed by atoms with van der Waals surface area (Å²) in [5.41, 5.74) is 0.961. The van der Waals surface area contributed by atoms with Crippen molar-refractivity contribution in [3.8, 4) is 0 Å². The molecule has 1 aliphatic carbocycles. The third-order valence-electron chi connectivity index (χ3n) is 3.81. The average molecular weight is 340 g/mol. The second-order valence-electron chi connectivity index (χ2n) is 5.28. The third-order valence-corrected chi connectivity index (χ3v) is 4.30. The van der Waals surface area contributed by atoms with Crippen LogP contribution >= 0.6 is 15.9 Å². The maximum Gasteiger partial charge on any atom is 0.328 e. The molecule has 1 aliphatic rings. The first kappa shape index (κ1) is 15.4. The predicted molar refractivity (Wildman–Crippen MR) is 84.8 cm³/mol. The SMILES string of the molecule is CCOC(=O)C(Nc1cccc(Br)c1)C1CCCCC1. The quantitative estimate of drug-likeness (QED) is 0.809. The van der Waals surface area contributed by atoms with Gasteiger partial charge >= 0.3 is 5.97 Å². The van der Waals surface area contributed by atoms with Crippen LogP contribution in [0.3, 0.4) is 0 Å². The number of carbonyl (C=O) groups excluding carboxylic acids is 1. The Hall–Kier alpha value is -1.03. The minimum atomic E-state index is -0.232. The van der Waals surface area contributed by atoms with Crippen molar-refractivity contribution in [2.75, 3.05) is 11.9 Å². The minimum absolute atomic E-state index is 0.126. The molecule has 1 atom stereocenters. The molecule has 3 nitrogen and oxygen atoms in total. The standard InChI is InChI=1S/C16H22BrNO2/c1-2-20-16(19)15(12-7-4-3-5-8-12)18-14-10-6-9-13(17)11-14/h6,9-12,15,18H,2-5,7-8H2,1H3. The maximum absolute atomic E-state index is 12.2. The lowest BCUT2D eigenvalue weighted by atomic mass is 9.83. The van der Waals surface area contributed by atoms with Crippen LogP contribution in [-0.2, 0) is 9.53 Å². The lowest BCUT2D eigenvalue weighted by Gasteiger charge is -2.30. The molecule has 0 aromatic heterocycles.